The molecule has 0 bridgehead atoms. The molecule has 0 fully saturated rings. The van der Waals surface area contributed by atoms with Gasteiger partial charge in [-0.3, -0.25) is 0 Å². The van der Waals surface area contributed by atoms with Crippen molar-refractivity contribution in [2.75, 3.05) is 6.54 Å². The molecule has 0 radical (unpaired) electrons. The molecule has 0 unspecified atom stereocenters. The maximum absolute atomic E-state index is 12.4. The van der Waals surface area contributed by atoms with Crippen LogP contribution in [0.2, 0.25) is 0 Å². The van der Waals surface area contributed by atoms with Gasteiger partial charge in [0.25, 0.3) is 0 Å². The molecule has 0 saturated heterocycles. The summed E-state index contributed by atoms with van der Waals surface area (Å²) in [6.45, 7) is 2.41. The number of nitrogens with one attached hydrogen (secondary N) is 1. The highest BCUT2D eigenvalue weighted by molar-refractivity contribution is 7.89. The van der Waals surface area contributed by atoms with Gasteiger partial charge < -0.3 is 10.3 Å². The van der Waals surface area contributed by atoms with E-state index in [0.717, 1.165) is 11.1 Å². The first-order valence-corrected chi connectivity index (χ1v) is 8.12. The van der Waals surface area contributed by atoms with Gasteiger partial charge in [-0.15, -0.1) is 0 Å². The molecule has 1 aromatic heterocycles. The zero-order valence-corrected chi connectivity index (χ0v) is 12.6. The summed E-state index contributed by atoms with van der Waals surface area (Å²) in [7, 11) is -3.58. The number of aromatic nitrogens is 2. The van der Waals surface area contributed by atoms with Crippen molar-refractivity contribution in [3.8, 4) is 0 Å². The van der Waals surface area contributed by atoms with Crippen molar-refractivity contribution in [1.82, 2.24) is 14.9 Å². The Morgan fingerprint density at radius 3 is 2.81 bits per heavy atom. The van der Waals surface area contributed by atoms with Crippen LogP contribution in [-0.2, 0) is 29.4 Å². The van der Waals surface area contributed by atoms with E-state index in [1.54, 1.807) is 12.1 Å². The minimum Gasteiger partial charge on any atom is -0.340 e. The lowest BCUT2D eigenvalue weighted by Gasteiger charge is -2.11. The molecule has 114 valence electrons. The minimum absolute atomic E-state index is 0.195. The van der Waals surface area contributed by atoms with Gasteiger partial charge in [0, 0.05) is 19.5 Å². The van der Waals surface area contributed by atoms with Crippen LogP contribution in [0.1, 0.15) is 23.9 Å². The summed E-state index contributed by atoms with van der Waals surface area (Å²) in [5.41, 5.74) is 7.12. The molecule has 0 aliphatic heterocycles. The molecule has 0 spiro atoms. The molecule has 0 aliphatic rings. The molecular weight excluding hydrogens is 292 g/mol. The Kier molecular flexibility index (Phi) is 5.05. The Hall–Kier alpha value is -1.77. The third-order valence-corrected chi connectivity index (χ3v) is 4.62. The van der Waals surface area contributed by atoms with Crippen LogP contribution in [0.5, 0.6) is 0 Å². The summed E-state index contributed by atoms with van der Waals surface area (Å²) in [4.78, 5) is 4.12. The van der Waals surface area contributed by atoms with Gasteiger partial charge in [-0.25, -0.2) is 13.1 Å². The first-order valence-electron chi connectivity index (χ1n) is 6.64. The summed E-state index contributed by atoms with van der Waals surface area (Å²) in [6, 6.07) is 5.26. The average Bonchev–Trinajstić information content (AvgIpc) is 2.99. The van der Waals surface area contributed by atoms with E-state index in [-0.39, 0.29) is 11.4 Å². The van der Waals surface area contributed by atoms with Crippen LogP contribution in [-0.4, -0.2) is 25.1 Å². The number of nitrogens with zero attached hydrogens (tertiary/aromatic N) is 2. The fraction of sp³-hybridized carbons (Fsp3) is 0.385. The van der Waals surface area contributed by atoms with E-state index in [4.69, 9.17) is 10.3 Å². The standard InChI is InChI=1S/C13H18N4O3S/c1-2-11-4-3-10(8-14)7-12(11)21(18,19)17-6-5-13-15-9-16-20-13/h3-4,7,9,17H,2,5-6,8,14H2,1H3. The highest BCUT2D eigenvalue weighted by Gasteiger charge is 2.18. The Morgan fingerprint density at radius 1 is 1.38 bits per heavy atom. The number of benzene rings is 1. The van der Waals surface area contributed by atoms with Gasteiger partial charge in [-0.05, 0) is 23.6 Å². The van der Waals surface area contributed by atoms with Crippen LogP contribution < -0.4 is 10.5 Å². The largest absolute Gasteiger partial charge is 0.340 e. The van der Waals surface area contributed by atoms with Gasteiger partial charge in [0.15, 0.2) is 6.33 Å². The number of rotatable bonds is 7. The topological polar surface area (TPSA) is 111 Å². The molecule has 0 aliphatic carbocycles. The van der Waals surface area contributed by atoms with Gasteiger partial charge in [-0.1, -0.05) is 24.2 Å². The third kappa shape index (κ3) is 3.87. The van der Waals surface area contributed by atoms with E-state index < -0.39 is 10.0 Å². The molecule has 2 aromatic rings. The molecule has 8 heteroatoms. The summed E-state index contributed by atoms with van der Waals surface area (Å²) < 4.78 is 32.1. The van der Waals surface area contributed by atoms with Crippen LogP contribution in [0.15, 0.2) is 33.9 Å². The van der Waals surface area contributed by atoms with Crippen LogP contribution in [0.4, 0.5) is 0 Å². The van der Waals surface area contributed by atoms with Crippen LogP contribution in [0, 0.1) is 0 Å². The van der Waals surface area contributed by atoms with Gasteiger partial charge in [0.1, 0.15) is 0 Å². The number of aryl methyl sites for hydroxylation is 1. The molecule has 21 heavy (non-hydrogen) atoms. The van der Waals surface area contributed by atoms with Crippen molar-refractivity contribution in [2.24, 2.45) is 5.73 Å². The second-order valence-corrected chi connectivity index (χ2v) is 6.22. The van der Waals surface area contributed by atoms with Crippen molar-refractivity contribution in [3.05, 3.63) is 41.5 Å². The summed E-state index contributed by atoms with van der Waals surface area (Å²) in [5, 5.41) is 3.47. The SMILES string of the molecule is CCc1ccc(CN)cc1S(=O)(=O)NCCc1ncno1. The average molecular weight is 310 g/mol. The van der Waals surface area contributed by atoms with Crippen molar-refractivity contribution in [1.29, 1.82) is 0 Å². The third-order valence-electron chi connectivity index (χ3n) is 3.08. The van der Waals surface area contributed by atoms with E-state index >= 15 is 0 Å². The zero-order chi connectivity index (χ0) is 15.3. The van der Waals surface area contributed by atoms with E-state index in [9.17, 15) is 8.42 Å². The molecule has 0 atom stereocenters. The number of hydrogen-bond donors (Lipinski definition) is 2. The van der Waals surface area contributed by atoms with Gasteiger partial charge in [0.05, 0.1) is 4.90 Å². The smallest absolute Gasteiger partial charge is 0.240 e. The summed E-state index contributed by atoms with van der Waals surface area (Å²) in [6.07, 6.45) is 2.26. The lowest BCUT2D eigenvalue weighted by molar-refractivity contribution is 0.377. The number of nitrogens with two attached hydrogens (primary N) is 1. The zero-order valence-electron chi connectivity index (χ0n) is 11.7. The molecule has 0 amide bonds. The highest BCUT2D eigenvalue weighted by atomic mass is 32.2. The maximum atomic E-state index is 12.4. The summed E-state index contributed by atoms with van der Waals surface area (Å²) in [5.74, 6) is 0.393. The minimum atomic E-state index is -3.58. The first-order chi connectivity index (χ1) is 10.1. The Balaban J connectivity index is 2.14. The monoisotopic (exact) mass is 310 g/mol. The molecule has 7 nitrogen and oxygen atoms in total. The first kappa shape index (κ1) is 15.6. The molecular formula is C13H18N4O3S. The van der Waals surface area contributed by atoms with Crippen molar-refractivity contribution in [3.63, 3.8) is 0 Å². The van der Waals surface area contributed by atoms with E-state index in [1.165, 1.54) is 6.33 Å². The lowest BCUT2D eigenvalue weighted by Crippen LogP contribution is -2.27. The second-order valence-electron chi connectivity index (χ2n) is 4.48. The van der Waals surface area contributed by atoms with Crippen LogP contribution in [0.25, 0.3) is 0 Å². The number of hydrogen-bond acceptors (Lipinski definition) is 6. The number of sulfonamides is 1. The fourth-order valence-corrected chi connectivity index (χ4v) is 3.33. The Labute approximate surface area is 123 Å². The van der Waals surface area contributed by atoms with E-state index in [1.807, 2.05) is 13.0 Å². The normalized spacial score (nSPS) is 11.7. The fourth-order valence-electron chi connectivity index (χ4n) is 1.94. The molecule has 1 heterocycles. The molecule has 3 N–H and O–H groups in total. The molecule has 1 aromatic carbocycles. The highest BCUT2D eigenvalue weighted by Crippen LogP contribution is 2.18. The van der Waals surface area contributed by atoms with Gasteiger partial charge in [-0.2, -0.15) is 4.98 Å². The van der Waals surface area contributed by atoms with Crippen molar-refractivity contribution in [2.45, 2.75) is 31.2 Å². The predicted octanol–water partition coefficient (Wildman–Crippen LogP) is 0.612. The Morgan fingerprint density at radius 2 is 2.19 bits per heavy atom. The van der Waals surface area contributed by atoms with Crippen LogP contribution in [0.3, 0.4) is 0 Å². The molecule has 2 rings (SSSR count). The van der Waals surface area contributed by atoms with E-state index in [0.29, 0.717) is 25.3 Å². The van der Waals surface area contributed by atoms with Crippen molar-refractivity contribution < 1.29 is 12.9 Å². The molecule has 0 saturated carbocycles. The lowest BCUT2D eigenvalue weighted by atomic mass is 10.1. The van der Waals surface area contributed by atoms with Crippen molar-refractivity contribution >= 4 is 10.0 Å². The van der Waals surface area contributed by atoms with Gasteiger partial charge in [0.2, 0.25) is 15.9 Å². The van der Waals surface area contributed by atoms with Crippen LogP contribution >= 0.6 is 0 Å². The Bertz CT molecular complexity index is 683. The second kappa shape index (κ2) is 6.79. The van der Waals surface area contributed by atoms with E-state index in [2.05, 4.69) is 14.9 Å². The van der Waals surface area contributed by atoms with Gasteiger partial charge >= 0.3 is 0 Å². The maximum Gasteiger partial charge on any atom is 0.240 e. The quantitative estimate of drug-likeness (QED) is 0.775. The predicted molar refractivity (Wildman–Crippen MR) is 76.9 cm³/mol. The summed E-state index contributed by atoms with van der Waals surface area (Å²) >= 11 is 0.